The summed E-state index contributed by atoms with van der Waals surface area (Å²) in [6.45, 7) is 3.52. The molecule has 0 aliphatic carbocycles. The molecule has 0 radical (unpaired) electrons. The molecule has 0 fully saturated rings. The smallest absolute Gasteiger partial charge is 0.251 e. The van der Waals surface area contributed by atoms with Crippen LogP contribution < -0.4 is 5.32 Å². The quantitative estimate of drug-likeness (QED) is 0.852. The van der Waals surface area contributed by atoms with Crippen LogP contribution in [-0.4, -0.2) is 37.4 Å². The number of hydrogen-bond donors (Lipinski definition) is 1. The summed E-state index contributed by atoms with van der Waals surface area (Å²) >= 11 is 5.97. The Labute approximate surface area is 147 Å². The molecule has 1 heterocycles. The third kappa shape index (κ3) is 4.79. The molecule has 1 N–H and O–H groups in total. The van der Waals surface area contributed by atoms with Crippen LogP contribution in [0.25, 0.3) is 11.3 Å². The number of nitrogens with one attached hydrogen (secondary N) is 1. The molecule has 0 aliphatic heterocycles. The average molecular weight is 367 g/mol. The molecule has 128 valence electrons. The Balaban J connectivity index is 2.03. The minimum atomic E-state index is -3.08. The van der Waals surface area contributed by atoms with Gasteiger partial charge in [0, 0.05) is 23.4 Å². The number of nitrogens with zero attached hydrogens (tertiary/aromatic N) is 1. The normalized spacial score (nSPS) is 11.3. The fraction of sp³-hybridized carbons (Fsp3) is 0.294. The van der Waals surface area contributed by atoms with Gasteiger partial charge in [0.05, 0.1) is 22.2 Å². The number of sulfone groups is 1. The van der Waals surface area contributed by atoms with Crippen LogP contribution in [-0.2, 0) is 9.84 Å². The third-order valence-corrected chi connectivity index (χ3v) is 5.71. The van der Waals surface area contributed by atoms with Crippen LogP contribution in [0.5, 0.6) is 0 Å². The predicted molar refractivity (Wildman–Crippen MR) is 96.1 cm³/mol. The first-order valence-electron chi connectivity index (χ1n) is 7.54. The maximum Gasteiger partial charge on any atom is 0.251 e. The second kappa shape index (κ2) is 7.77. The Kier molecular flexibility index (Phi) is 5.96. The molecule has 1 amide bonds. The highest BCUT2D eigenvalue weighted by Gasteiger charge is 2.10. The summed E-state index contributed by atoms with van der Waals surface area (Å²) in [5.41, 5.74) is 2.87. The number of halogens is 1. The van der Waals surface area contributed by atoms with Gasteiger partial charge in [0.15, 0.2) is 9.84 Å². The zero-order valence-corrected chi connectivity index (χ0v) is 15.1. The largest absolute Gasteiger partial charge is 0.351 e. The summed E-state index contributed by atoms with van der Waals surface area (Å²) in [4.78, 5) is 16.4. The van der Waals surface area contributed by atoms with E-state index in [9.17, 15) is 13.2 Å². The highest BCUT2D eigenvalue weighted by Crippen LogP contribution is 2.21. The van der Waals surface area contributed by atoms with Gasteiger partial charge in [-0.2, -0.15) is 0 Å². The first kappa shape index (κ1) is 18.4. The first-order chi connectivity index (χ1) is 11.3. The van der Waals surface area contributed by atoms with Crippen molar-refractivity contribution in [2.24, 2.45) is 0 Å². The number of aromatic nitrogens is 1. The topological polar surface area (TPSA) is 76.1 Å². The van der Waals surface area contributed by atoms with Crippen molar-refractivity contribution in [3.05, 3.63) is 52.7 Å². The number of amides is 1. The molecule has 0 saturated carbocycles. The van der Waals surface area contributed by atoms with Crippen molar-refractivity contribution in [1.29, 1.82) is 0 Å². The lowest BCUT2D eigenvalue weighted by molar-refractivity contribution is 0.0956. The molecule has 0 spiro atoms. The molecule has 5 nitrogen and oxygen atoms in total. The van der Waals surface area contributed by atoms with E-state index in [-0.39, 0.29) is 24.0 Å². The van der Waals surface area contributed by atoms with Crippen LogP contribution in [0.2, 0.25) is 5.02 Å². The number of hydrogen-bond acceptors (Lipinski definition) is 4. The highest BCUT2D eigenvalue weighted by atomic mass is 35.5. The Morgan fingerprint density at radius 2 is 1.83 bits per heavy atom. The zero-order chi connectivity index (χ0) is 17.7. The molecule has 0 unspecified atom stereocenters. The van der Waals surface area contributed by atoms with Gasteiger partial charge in [-0.25, -0.2) is 8.42 Å². The molecule has 0 bridgehead atoms. The Morgan fingerprint density at radius 3 is 2.42 bits per heavy atom. The van der Waals surface area contributed by atoms with E-state index in [4.69, 9.17) is 11.6 Å². The van der Waals surface area contributed by atoms with Crippen molar-refractivity contribution in [1.82, 2.24) is 10.3 Å². The van der Waals surface area contributed by atoms with Gasteiger partial charge in [0.2, 0.25) is 0 Å². The van der Waals surface area contributed by atoms with Crippen molar-refractivity contribution in [3.8, 4) is 11.3 Å². The minimum absolute atomic E-state index is 0.0543. The van der Waals surface area contributed by atoms with Crippen molar-refractivity contribution >= 4 is 27.3 Å². The Morgan fingerprint density at radius 1 is 1.17 bits per heavy atom. The van der Waals surface area contributed by atoms with E-state index in [1.807, 2.05) is 13.0 Å². The molecule has 1 aromatic heterocycles. The van der Waals surface area contributed by atoms with Crippen LogP contribution >= 0.6 is 11.6 Å². The Hall–Kier alpha value is -1.92. The molecule has 1 aromatic carbocycles. The molecule has 0 aliphatic rings. The summed E-state index contributed by atoms with van der Waals surface area (Å²) in [5.74, 6) is -0.278. The summed E-state index contributed by atoms with van der Waals surface area (Å²) in [6.07, 6.45) is 0. The summed E-state index contributed by atoms with van der Waals surface area (Å²) in [5, 5.41) is 3.22. The van der Waals surface area contributed by atoms with E-state index in [1.165, 1.54) is 0 Å². The predicted octanol–water partition coefficient (Wildman–Crippen LogP) is 2.87. The second-order valence-corrected chi connectivity index (χ2v) is 8.21. The van der Waals surface area contributed by atoms with Crippen LogP contribution in [0.15, 0.2) is 36.4 Å². The molecule has 0 saturated heterocycles. The van der Waals surface area contributed by atoms with Gasteiger partial charge in [-0.3, -0.25) is 9.78 Å². The van der Waals surface area contributed by atoms with E-state index < -0.39 is 9.84 Å². The second-order valence-electron chi connectivity index (χ2n) is 5.33. The maximum atomic E-state index is 12.0. The number of carbonyl (C=O) groups excluding carboxylic acids is 1. The van der Waals surface area contributed by atoms with Crippen LogP contribution in [0.4, 0.5) is 0 Å². The number of carbonyl (C=O) groups is 1. The fourth-order valence-electron chi connectivity index (χ4n) is 2.06. The van der Waals surface area contributed by atoms with Gasteiger partial charge in [0.1, 0.15) is 0 Å². The van der Waals surface area contributed by atoms with Crippen molar-refractivity contribution in [2.75, 3.05) is 18.1 Å². The van der Waals surface area contributed by atoms with Gasteiger partial charge in [-0.1, -0.05) is 30.7 Å². The number of benzene rings is 1. The molecule has 0 atom stereocenters. The van der Waals surface area contributed by atoms with Crippen LogP contribution in [0.3, 0.4) is 0 Å². The Bertz CT molecular complexity index is 833. The lowest BCUT2D eigenvalue weighted by Gasteiger charge is -2.07. The molecule has 24 heavy (non-hydrogen) atoms. The monoisotopic (exact) mass is 366 g/mol. The summed E-state index contributed by atoms with van der Waals surface area (Å²) < 4.78 is 22.8. The lowest BCUT2D eigenvalue weighted by Crippen LogP contribution is -2.29. The zero-order valence-electron chi connectivity index (χ0n) is 13.5. The van der Waals surface area contributed by atoms with Crippen molar-refractivity contribution in [3.63, 3.8) is 0 Å². The molecular weight excluding hydrogens is 348 g/mol. The number of rotatable bonds is 6. The number of pyridine rings is 1. The molecule has 7 heteroatoms. The molecule has 2 rings (SSSR count). The molecular formula is C17H19ClN2O3S. The van der Waals surface area contributed by atoms with Gasteiger partial charge in [-0.15, -0.1) is 0 Å². The van der Waals surface area contributed by atoms with Crippen molar-refractivity contribution in [2.45, 2.75) is 13.8 Å². The van der Waals surface area contributed by atoms with Gasteiger partial charge in [-0.05, 0) is 31.2 Å². The fourth-order valence-corrected chi connectivity index (χ4v) is 2.87. The number of aryl methyl sites for hydroxylation is 1. The first-order valence-corrected chi connectivity index (χ1v) is 9.74. The third-order valence-electron chi connectivity index (χ3n) is 3.60. The van der Waals surface area contributed by atoms with E-state index in [0.717, 1.165) is 17.0 Å². The maximum absolute atomic E-state index is 12.0. The SMILES string of the molecule is CCS(=O)(=O)CCNC(=O)c1ccc(-c2ccc(Cl)c(C)n2)cc1. The van der Waals surface area contributed by atoms with Crippen LogP contribution in [0.1, 0.15) is 23.0 Å². The van der Waals surface area contributed by atoms with E-state index in [1.54, 1.807) is 37.3 Å². The standard InChI is InChI=1S/C17H19ClN2O3S/c1-3-24(22,23)11-10-19-17(21)14-6-4-13(5-7-14)16-9-8-15(18)12(2)20-16/h4-9H,3,10-11H2,1-2H3,(H,19,21). The average Bonchev–Trinajstić information content (AvgIpc) is 2.57. The molecule has 2 aromatic rings. The minimum Gasteiger partial charge on any atom is -0.351 e. The van der Waals surface area contributed by atoms with E-state index in [2.05, 4.69) is 10.3 Å². The van der Waals surface area contributed by atoms with E-state index in [0.29, 0.717) is 10.6 Å². The highest BCUT2D eigenvalue weighted by molar-refractivity contribution is 7.91. The van der Waals surface area contributed by atoms with Gasteiger partial charge < -0.3 is 5.32 Å². The van der Waals surface area contributed by atoms with Gasteiger partial charge >= 0.3 is 0 Å². The van der Waals surface area contributed by atoms with Gasteiger partial charge in [0.25, 0.3) is 5.91 Å². The summed E-state index contributed by atoms with van der Waals surface area (Å²) in [7, 11) is -3.08. The van der Waals surface area contributed by atoms with Crippen molar-refractivity contribution < 1.29 is 13.2 Å². The van der Waals surface area contributed by atoms with E-state index >= 15 is 0 Å². The lowest BCUT2D eigenvalue weighted by atomic mass is 10.1. The van der Waals surface area contributed by atoms with Crippen LogP contribution in [0, 0.1) is 6.92 Å². The summed E-state index contributed by atoms with van der Waals surface area (Å²) in [6, 6.07) is 10.6.